The van der Waals surface area contributed by atoms with Crippen LogP contribution in [0.3, 0.4) is 0 Å². The number of hydrogen-bond acceptors (Lipinski definition) is 6. The molecular formula is C14H30O6. The van der Waals surface area contributed by atoms with Gasteiger partial charge in [-0.25, -0.2) is 0 Å². The molecule has 122 valence electrons. The monoisotopic (exact) mass is 294 g/mol. The second kappa shape index (κ2) is 16.4. The number of ether oxygens (including phenoxy) is 4. The van der Waals surface area contributed by atoms with Crippen LogP contribution in [-0.2, 0) is 23.7 Å². The average Bonchev–Trinajstić information content (AvgIpc) is 2.44. The molecule has 0 radical (unpaired) electrons. The topological polar surface area (TPSA) is 74.2 Å². The van der Waals surface area contributed by atoms with E-state index in [1.165, 1.54) is 6.92 Å². The van der Waals surface area contributed by atoms with Gasteiger partial charge in [-0.1, -0.05) is 0 Å². The lowest BCUT2D eigenvalue weighted by molar-refractivity contribution is -0.141. The van der Waals surface area contributed by atoms with Crippen LogP contribution in [0.5, 0.6) is 0 Å². The van der Waals surface area contributed by atoms with Crippen LogP contribution in [0.1, 0.15) is 33.6 Å². The highest BCUT2D eigenvalue weighted by atomic mass is 16.5. The van der Waals surface area contributed by atoms with E-state index in [1.807, 2.05) is 13.8 Å². The van der Waals surface area contributed by atoms with Gasteiger partial charge in [-0.05, 0) is 26.7 Å². The summed E-state index contributed by atoms with van der Waals surface area (Å²) >= 11 is 0. The van der Waals surface area contributed by atoms with Crippen molar-refractivity contribution < 1.29 is 28.8 Å². The molecule has 0 fully saturated rings. The largest absolute Gasteiger partial charge is 0.466 e. The van der Waals surface area contributed by atoms with Gasteiger partial charge in [0.15, 0.2) is 0 Å². The Morgan fingerprint density at radius 2 is 1.70 bits per heavy atom. The summed E-state index contributed by atoms with van der Waals surface area (Å²) in [5.74, 6) is -0.211. The molecule has 0 aliphatic heterocycles. The van der Waals surface area contributed by atoms with Gasteiger partial charge in [0.25, 0.3) is 0 Å². The van der Waals surface area contributed by atoms with Crippen LogP contribution in [0.4, 0.5) is 0 Å². The molecule has 0 aromatic carbocycles. The summed E-state index contributed by atoms with van der Waals surface area (Å²) in [6.07, 6.45) is 1.85. The first kappa shape index (κ1) is 21.6. The molecule has 2 unspecified atom stereocenters. The Balaban J connectivity index is 0. The summed E-state index contributed by atoms with van der Waals surface area (Å²) in [7, 11) is 3.30. The maximum absolute atomic E-state index is 10.2. The van der Waals surface area contributed by atoms with Crippen molar-refractivity contribution in [1.82, 2.24) is 0 Å². The Kier molecular flexibility index (Phi) is 17.7. The van der Waals surface area contributed by atoms with Crippen LogP contribution in [0.2, 0.25) is 0 Å². The fourth-order valence-electron chi connectivity index (χ4n) is 0.985. The minimum absolute atomic E-state index is 0.0659. The van der Waals surface area contributed by atoms with Gasteiger partial charge in [-0.2, -0.15) is 0 Å². The molecule has 0 aliphatic carbocycles. The molecule has 0 aromatic rings. The van der Waals surface area contributed by atoms with E-state index in [0.29, 0.717) is 13.2 Å². The number of unbranched alkanes of at least 4 members (excludes halogenated alkanes) is 1. The fraction of sp³-hybridized carbons (Fsp3) is 0.929. The van der Waals surface area contributed by atoms with Gasteiger partial charge in [0.05, 0.1) is 32.0 Å². The van der Waals surface area contributed by atoms with E-state index in [1.54, 1.807) is 14.2 Å². The summed E-state index contributed by atoms with van der Waals surface area (Å²) in [5.41, 5.74) is 0. The Labute approximate surface area is 122 Å². The minimum atomic E-state index is -0.211. The third kappa shape index (κ3) is 19.6. The summed E-state index contributed by atoms with van der Waals surface area (Å²) in [6, 6.07) is 0. The first-order valence-corrected chi connectivity index (χ1v) is 6.85. The second-order valence-corrected chi connectivity index (χ2v) is 4.41. The van der Waals surface area contributed by atoms with Crippen molar-refractivity contribution in [2.45, 2.75) is 45.8 Å². The van der Waals surface area contributed by atoms with Crippen LogP contribution < -0.4 is 0 Å². The average molecular weight is 294 g/mol. The third-order valence-corrected chi connectivity index (χ3v) is 2.32. The molecule has 0 aromatic heterocycles. The highest BCUT2D eigenvalue weighted by molar-refractivity contribution is 5.65. The number of carbonyl (C=O) groups is 1. The van der Waals surface area contributed by atoms with Crippen LogP contribution in [0, 0.1) is 0 Å². The molecule has 0 rings (SSSR count). The molecule has 0 amide bonds. The minimum Gasteiger partial charge on any atom is -0.466 e. The maximum Gasteiger partial charge on any atom is 0.302 e. The lowest BCUT2D eigenvalue weighted by Gasteiger charge is -2.13. The SMILES string of the molecule is COC(C)COC(C)CO.COCCCCOC(C)=O. The number of aliphatic hydroxyl groups is 1. The molecule has 1 N–H and O–H groups in total. The summed E-state index contributed by atoms with van der Waals surface area (Å²) in [4.78, 5) is 10.2. The molecule has 0 aliphatic rings. The van der Waals surface area contributed by atoms with Crippen molar-refractivity contribution >= 4 is 5.97 Å². The van der Waals surface area contributed by atoms with Gasteiger partial charge in [-0.15, -0.1) is 0 Å². The summed E-state index contributed by atoms with van der Waals surface area (Å²) in [6.45, 7) is 7.01. The van der Waals surface area contributed by atoms with E-state index in [2.05, 4.69) is 0 Å². The lowest BCUT2D eigenvalue weighted by Crippen LogP contribution is -2.21. The zero-order valence-corrected chi connectivity index (χ0v) is 13.4. The first-order valence-electron chi connectivity index (χ1n) is 6.85. The molecule has 2 atom stereocenters. The van der Waals surface area contributed by atoms with E-state index in [0.717, 1.165) is 19.4 Å². The van der Waals surface area contributed by atoms with Crippen molar-refractivity contribution in [3.05, 3.63) is 0 Å². The van der Waals surface area contributed by atoms with Crippen LogP contribution in [0.25, 0.3) is 0 Å². The molecule has 0 saturated carbocycles. The number of hydrogen-bond donors (Lipinski definition) is 1. The molecule has 20 heavy (non-hydrogen) atoms. The van der Waals surface area contributed by atoms with Gasteiger partial charge >= 0.3 is 5.97 Å². The van der Waals surface area contributed by atoms with E-state index < -0.39 is 0 Å². The van der Waals surface area contributed by atoms with Crippen molar-refractivity contribution in [2.24, 2.45) is 0 Å². The van der Waals surface area contributed by atoms with Gasteiger partial charge in [0.2, 0.25) is 0 Å². The van der Waals surface area contributed by atoms with Crippen molar-refractivity contribution in [1.29, 1.82) is 0 Å². The second-order valence-electron chi connectivity index (χ2n) is 4.41. The number of methoxy groups -OCH3 is 2. The Morgan fingerprint density at radius 3 is 2.15 bits per heavy atom. The third-order valence-electron chi connectivity index (χ3n) is 2.32. The Morgan fingerprint density at radius 1 is 1.10 bits per heavy atom. The van der Waals surface area contributed by atoms with Crippen molar-refractivity contribution in [2.75, 3.05) is 40.6 Å². The smallest absolute Gasteiger partial charge is 0.302 e. The summed E-state index contributed by atoms with van der Waals surface area (Å²) < 4.78 is 19.6. The number of carbonyl (C=O) groups excluding carboxylic acids is 1. The lowest BCUT2D eigenvalue weighted by atomic mass is 10.3. The number of rotatable bonds is 10. The Hall–Kier alpha value is -0.690. The highest BCUT2D eigenvalue weighted by Gasteiger charge is 2.03. The van der Waals surface area contributed by atoms with Gasteiger partial charge in [-0.3, -0.25) is 4.79 Å². The Bertz CT molecular complexity index is 200. The molecule has 0 bridgehead atoms. The van der Waals surface area contributed by atoms with Crippen LogP contribution >= 0.6 is 0 Å². The molecule has 6 heteroatoms. The first-order chi connectivity index (χ1) is 9.47. The van der Waals surface area contributed by atoms with Gasteiger partial charge < -0.3 is 24.1 Å². The van der Waals surface area contributed by atoms with Crippen molar-refractivity contribution in [3.63, 3.8) is 0 Å². The van der Waals surface area contributed by atoms with Crippen LogP contribution in [-0.4, -0.2) is 63.9 Å². The molecule has 0 saturated heterocycles. The van der Waals surface area contributed by atoms with Gasteiger partial charge in [0, 0.05) is 27.8 Å². The molecular weight excluding hydrogens is 264 g/mol. The van der Waals surface area contributed by atoms with E-state index in [9.17, 15) is 4.79 Å². The maximum atomic E-state index is 10.2. The van der Waals surface area contributed by atoms with E-state index >= 15 is 0 Å². The number of aliphatic hydroxyl groups excluding tert-OH is 1. The predicted molar refractivity (Wildman–Crippen MR) is 76.7 cm³/mol. The fourth-order valence-corrected chi connectivity index (χ4v) is 0.985. The van der Waals surface area contributed by atoms with E-state index in [-0.39, 0.29) is 24.8 Å². The van der Waals surface area contributed by atoms with Gasteiger partial charge in [0.1, 0.15) is 0 Å². The molecule has 0 heterocycles. The highest BCUT2D eigenvalue weighted by Crippen LogP contribution is 1.93. The molecule has 6 nitrogen and oxygen atoms in total. The van der Waals surface area contributed by atoms with Crippen molar-refractivity contribution in [3.8, 4) is 0 Å². The standard InChI is InChI=1S/C7H16O3.C7H14O3/c1-6(4-8)10-5-7(2)9-3;1-7(8)10-6-4-3-5-9-2/h6-8H,4-5H2,1-3H3;3-6H2,1-2H3. The number of esters is 1. The zero-order valence-electron chi connectivity index (χ0n) is 13.4. The summed E-state index contributed by atoms with van der Waals surface area (Å²) in [5, 5.41) is 8.55. The molecule has 0 spiro atoms. The predicted octanol–water partition coefficient (Wildman–Crippen LogP) is 1.39. The zero-order chi connectivity index (χ0) is 15.8. The van der Waals surface area contributed by atoms with Crippen LogP contribution in [0.15, 0.2) is 0 Å². The quantitative estimate of drug-likeness (QED) is 0.485. The normalized spacial score (nSPS) is 13.1. The van der Waals surface area contributed by atoms with E-state index in [4.69, 9.17) is 24.1 Å².